The number of para-hydroxylation sites is 1. The molecule has 1 aliphatic heterocycles. The second-order valence-corrected chi connectivity index (χ2v) is 7.91. The number of carbonyl (C=O) groups is 1. The minimum atomic E-state index is -0.524. The number of nitrogens with one attached hydrogen (secondary N) is 2. The van der Waals surface area contributed by atoms with Gasteiger partial charge in [-0.2, -0.15) is 4.98 Å². The Morgan fingerprint density at radius 2 is 1.82 bits per heavy atom. The molecule has 170 valence electrons. The fraction of sp³-hybridized carbons (Fsp3) is 0.115. The summed E-state index contributed by atoms with van der Waals surface area (Å²) in [4.78, 5) is 18.1. The SMILES string of the molecule is COc1ccc(C2C(C(=O)Nc3ccccc3)=C(C)Nc3nc(-c4cccc(O)c4)nn32)cc1. The van der Waals surface area contributed by atoms with Crippen LogP contribution in [-0.2, 0) is 4.79 Å². The van der Waals surface area contributed by atoms with E-state index in [0.717, 1.165) is 5.56 Å². The normalized spacial score (nSPS) is 14.8. The third-order valence-electron chi connectivity index (χ3n) is 5.66. The van der Waals surface area contributed by atoms with Crippen LogP contribution in [0, 0.1) is 0 Å². The summed E-state index contributed by atoms with van der Waals surface area (Å²) >= 11 is 0. The van der Waals surface area contributed by atoms with Crippen molar-refractivity contribution >= 4 is 17.5 Å². The molecule has 2 heterocycles. The predicted molar refractivity (Wildman–Crippen MR) is 130 cm³/mol. The molecule has 8 heteroatoms. The van der Waals surface area contributed by atoms with Crippen LogP contribution in [-0.4, -0.2) is 32.9 Å². The van der Waals surface area contributed by atoms with Crippen molar-refractivity contribution in [3.05, 3.63) is 95.7 Å². The number of hydrogen-bond acceptors (Lipinski definition) is 6. The lowest BCUT2D eigenvalue weighted by molar-refractivity contribution is -0.113. The first-order valence-corrected chi connectivity index (χ1v) is 10.8. The van der Waals surface area contributed by atoms with E-state index in [1.165, 1.54) is 0 Å². The number of methoxy groups -OCH3 is 1. The number of allylic oxidation sites excluding steroid dienone is 1. The van der Waals surface area contributed by atoms with Crippen LogP contribution >= 0.6 is 0 Å². The Kier molecular flexibility index (Phi) is 5.47. The van der Waals surface area contributed by atoms with Crippen LogP contribution in [0.2, 0.25) is 0 Å². The molecule has 1 atom stereocenters. The Balaban J connectivity index is 1.60. The molecule has 0 spiro atoms. The topological polar surface area (TPSA) is 101 Å². The Morgan fingerprint density at radius 3 is 2.53 bits per heavy atom. The fourth-order valence-corrected chi connectivity index (χ4v) is 4.03. The smallest absolute Gasteiger partial charge is 0.255 e. The number of fused-ring (bicyclic) bond motifs is 1. The minimum absolute atomic E-state index is 0.127. The maximum atomic E-state index is 13.5. The van der Waals surface area contributed by atoms with E-state index in [1.54, 1.807) is 30.0 Å². The van der Waals surface area contributed by atoms with Crippen LogP contribution in [0.15, 0.2) is 90.1 Å². The molecule has 0 fully saturated rings. The van der Waals surface area contributed by atoms with Crippen LogP contribution in [0.3, 0.4) is 0 Å². The number of benzene rings is 3. The number of rotatable bonds is 5. The van der Waals surface area contributed by atoms with Crippen LogP contribution < -0.4 is 15.4 Å². The van der Waals surface area contributed by atoms with Gasteiger partial charge in [0.2, 0.25) is 5.95 Å². The molecule has 0 radical (unpaired) electrons. The number of nitrogens with zero attached hydrogens (tertiary/aromatic N) is 3. The van der Waals surface area contributed by atoms with E-state index >= 15 is 0 Å². The van der Waals surface area contributed by atoms with Crippen molar-refractivity contribution in [2.75, 3.05) is 17.7 Å². The van der Waals surface area contributed by atoms with E-state index in [0.29, 0.717) is 40.0 Å². The van der Waals surface area contributed by atoms with Gasteiger partial charge in [0.15, 0.2) is 5.82 Å². The molecule has 0 saturated carbocycles. The van der Waals surface area contributed by atoms with Gasteiger partial charge in [-0.3, -0.25) is 4.79 Å². The molecule has 3 N–H and O–H groups in total. The second-order valence-electron chi connectivity index (χ2n) is 7.91. The highest BCUT2D eigenvalue weighted by Gasteiger charge is 2.34. The van der Waals surface area contributed by atoms with E-state index in [4.69, 9.17) is 9.84 Å². The minimum Gasteiger partial charge on any atom is -0.508 e. The van der Waals surface area contributed by atoms with Gasteiger partial charge in [-0.1, -0.05) is 42.5 Å². The van der Waals surface area contributed by atoms with E-state index in [9.17, 15) is 9.90 Å². The van der Waals surface area contributed by atoms with Gasteiger partial charge in [0.05, 0.1) is 12.7 Å². The number of hydrogen-bond donors (Lipinski definition) is 3. The monoisotopic (exact) mass is 453 g/mol. The third kappa shape index (κ3) is 3.97. The van der Waals surface area contributed by atoms with Crippen LogP contribution in [0.4, 0.5) is 11.6 Å². The van der Waals surface area contributed by atoms with Crippen molar-refractivity contribution in [2.24, 2.45) is 0 Å². The maximum Gasteiger partial charge on any atom is 0.255 e. The molecule has 8 nitrogen and oxygen atoms in total. The number of amides is 1. The summed E-state index contributed by atoms with van der Waals surface area (Å²) in [5.74, 6) is 1.55. The van der Waals surface area contributed by atoms with Crippen molar-refractivity contribution in [1.82, 2.24) is 14.8 Å². The highest BCUT2D eigenvalue weighted by Crippen LogP contribution is 2.37. The van der Waals surface area contributed by atoms with E-state index in [-0.39, 0.29) is 11.7 Å². The van der Waals surface area contributed by atoms with Crippen molar-refractivity contribution in [3.63, 3.8) is 0 Å². The van der Waals surface area contributed by atoms with Crippen molar-refractivity contribution in [3.8, 4) is 22.9 Å². The van der Waals surface area contributed by atoms with Crippen LogP contribution in [0.25, 0.3) is 11.4 Å². The Labute approximate surface area is 196 Å². The average molecular weight is 454 g/mol. The van der Waals surface area contributed by atoms with Crippen molar-refractivity contribution < 1.29 is 14.6 Å². The van der Waals surface area contributed by atoms with Crippen LogP contribution in [0.1, 0.15) is 18.5 Å². The van der Waals surface area contributed by atoms with Gasteiger partial charge < -0.3 is 20.5 Å². The lowest BCUT2D eigenvalue weighted by Gasteiger charge is -2.28. The first-order valence-electron chi connectivity index (χ1n) is 10.8. The Bertz CT molecular complexity index is 1380. The Morgan fingerprint density at radius 1 is 1.06 bits per heavy atom. The summed E-state index contributed by atoms with van der Waals surface area (Å²) in [6, 6.07) is 23.1. The summed E-state index contributed by atoms with van der Waals surface area (Å²) in [6.07, 6.45) is 0. The quantitative estimate of drug-likeness (QED) is 0.409. The second kappa shape index (κ2) is 8.74. The van der Waals surface area contributed by atoms with Gasteiger partial charge >= 0.3 is 0 Å². The van der Waals surface area contributed by atoms with E-state index in [1.807, 2.05) is 67.6 Å². The largest absolute Gasteiger partial charge is 0.508 e. The number of aromatic nitrogens is 3. The standard InChI is InChI=1S/C26H23N5O3/c1-16-22(25(33)28-19-8-4-3-5-9-19)23(17-11-13-21(34-2)14-12-17)31-26(27-16)29-24(30-31)18-7-6-10-20(32)15-18/h3-15,23,32H,1-2H3,(H,28,33)(H,27,29,30). The van der Waals surface area contributed by atoms with Gasteiger partial charge in [-0.15, -0.1) is 5.10 Å². The zero-order chi connectivity index (χ0) is 23.7. The maximum absolute atomic E-state index is 13.5. The zero-order valence-electron chi connectivity index (χ0n) is 18.7. The summed E-state index contributed by atoms with van der Waals surface area (Å²) in [7, 11) is 1.61. The third-order valence-corrected chi connectivity index (χ3v) is 5.66. The zero-order valence-corrected chi connectivity index (χ0v) is 18.7. The first-order chi connectivity index (χ1) is 16.5. The van der Waals surface area contributed by atoms with Crippen LogP contribution in [0.5, 0.6) is 11.5 Å². The molecular weight excluding hydrogens is 430 g/mol. The molecule has 4 aromatic rings. The number of ether oxygens (including phenoxy) is 1. The van der Waals surface area contributed by atoms with E-state index in [2.05, 4.69) is 15.6 Å². The van der Waals surface area contributed by atoms with Gasteiger partial charge in [0, 0.05) is 16.9 Å². The summed E-state index contributed by atoms with van der Waals surface area (Å²) in [5, 5.41) is 20.8. The van der Waals surface area contributed by atoms with Gasteiger partial charge in [0.1, 0.15) is 17.5 Å². The Hall–Kier alpha value is -4.59. The van der Waals surface area contributed by atoms with Gasteiger partial charge in [-0.05, 0) is 48.9 Å². The number of carbonyl (C=O) groups excluding carboxylic acids is 1. The molecule has 5 rings (SSSR count). The summed E-state index contributed by atoms with van der Waals surface area (Å²) in [6.45, 7) is 1.85. The van der Waals surface area contributed by atoms with Gasteiger partial charge in [-0.25, -0.2) is 4.68 Å². The van der Waals surface area contributed by atoms with E-state index < -0.39 is 6.04 Å². The lowest BCUT2D eigenvalue weighted by atomic mass is 9.95. The highest BCUT2D eigenvalue weighted by atomic mass is 16.5. The molecule has 0 bridgehead atoms. The predicted octanol–water partition coefficient (Wildman–Crippen LogP) is 4.59. The molecule has 0 saturated heterocycles. The highest BCUT2D eigenvalue weighted by molar-refractivity contribution is 6.06. The average Bonchev–Trinajstić information content (AvgIpc) is 3.27. The fourth-order valence-electron chi connectivity index (χ4n) is 4.03. The van der Waals surface area contributed by atoms with Gasteiger partial charge in [0.25, 0.3) is 5.91 Å². The first kappa shape index (κ1) is 21.3. The summed E-state index contributed by atoms with van der Waals surface area (Å²) < 4.78 is 7.01. The lowest BCUT2D eigenvalue weighted by Crippen LogP contribution is -2.31. The molecule has 0 aliphatic carbocycles. The molecule has 34 heavy (non-hydrogen) atoms. The molecule has 1 aromatic heterocycles. The molecule has 1 aliphatic rings. The van der Waals surface area contributed by atoms with Crippen molar-refractivity contribution in [2.45, 2.75) is 13.0 Å². The molecule has 3 aromatic carbocycles. The van der Waals surface area contributed by atoms with Crippen molar-refractivity contribution in [1.29, 1.82) is 0 Å². The number of anilines is 2. The number of phenolic OH excluding ortho intramolecular Hbond substituents is 1. The molecular formula is C26H23N5O3. The molecule has 1 unspecified atom stereocenters. The molecule has 1 amide bonds. The number of aromatic hydroxyl groups is 1. The summed E-state index contributed by atoms with van der Waals surface area (Å²) in [5.41, 5.74) is 3.43. The number of phenols is 1.